The molecule has 2 bridgehead atoms. The minimum Gasteiger partial charge on any atom is -0.481 e. The number of unbranched alkanes of at least 4 members (excludes halogenated alkanes) is 1. The van der Waals surface area contributed by atoms with E-state index in [1.54, 1.807) is 30.3 Å². The topological polar surface area (TPSA) is 593 Å². The van der Waals surface area contributed by atoms with Crippen LogP contribution < -0.4 is 65.9 Å². The van der Waals surface area contributed by atoms with E-state index in [1.165, 1.54) is 0 Å². The van der Waals surface area contributed by atoms with Gasteiger partial charge in [0.05, 0.1) is 142 Å². The van der Waals surface area contributed by atoms with Crippen LogP contribution in [0.2, 0.25) is 0 Å². The summed E-state index contributed by atoms with van der Waals surface area (Å²) in [6.07, 6.45) is -1.13. The summed E-state index contributed by atoms with van der Waals surface area (Å²) in [5.41, 5.74) is 17.1. The van der Waals surface area contributed by atoms with E-state index >= 15 is 0 Å². The molecule has 115 heavy (non-hydrogen) atoms. The van der Waals surface area contributed by atoms with Crippen molar-refractivity contribution in [3.05, 3.63) is 35.9 Å². The number of aliphatic carboxylic acids is 1. The van der Waals surface area contributed by atoms with E-state index in [-0.39, 0.29) is 178 Å². The smallest absolute Gasteiger partial charge is 0.304 e. The summed E-state index contributed by atoms with van der Waals surface area (Å²) in [5, 5.41) is 39.9. The molecule has 0 unspecified atom stereocenters. The maximum absolute atomic E-state index is 14.9. The van der Waals surface area contributed by atoms with Crippen molar-refractivity contribution in [1.29, 1.82) is 0 Å². The van der Waals surface area contributed by atoms with Gasteiger partial charge in [-0.2, -0.15) is 0 Å². The molecule has 2 aliphatic rings. The molecule has 8 amide bonds. The molecule has 0 saturated carbocycles. The number of aliphatic imine (C=N–C) groups is 1. The standard InChI is InChI=1S/C73H118N12O26S3.H3N/c74-15-22-110-44-55(87)12-7-20-102-25-29-106-30-26-103-21-8-14-61(89)58-47-112-50-67(95)82-57(13-4-5-16-77-65(93)45-111-46-66(94)79-19-24-105-28-32-108-34-36-109-35-33-107-31-27-104-23-18-78-64(92)43-86)72(101)85-60-49-114-113-48-59(63(91)40-53(70(99)83-58)37-51-9-2-1-3-10-51)84-71(100)54(41-68(96)97)38-56(88)42-81-69(98)52(39-62(60)90)11-6-17-80-73(75)76;/h1-3,9-10,52-54,57-60,86H,4-8,11-50,74H2,(H,77,93)(H,78,92)(H,79,94)(H,81,98)(H,82,95)(H,83,99)(H,84,100)(H,85,101)(H,96,97)(H4,75,76,80);1H3/t52-,53-,54+,57+,58+,59+,60+;/m1./s1. The van der Waals surface area contributed by atoms with Gasteiger partial charge >= 0.3 is 5.97 Å². The SMILES string of the molecule is N.NCCOCC(=O)CCCOCCOCCOCCCC(=O)[C@@H]1CSCC(=O)N[C@@H](CCCCNC(=O)COCC(=O)NCCOCCOCCOCCOCCOCCNC(=O)CO)C(=O)N[C@H]2CSSC[C@H](NC(=O)[C@H](CC(=O)O)CC(=O)CNC(=O)[C@H](CCCN=C(N)N)CC2=O)C(=O)C[C@@H](Cc2ccccc2)C(=O)N1. The third-order valence-electron chi connectivity index (χ3n) is 16.7. The molecule has 0 aromatic heterocycles. The number of carboxylic acids is 1. The number of nitrogens with one attached hydrogen (secondary N) is 8. The second-order valence-corrected chi connectivity index (χ2v) is 29.7. The molecular formula is C73H121N13O26S3. The summed E-state index contributed by atoms with van der Waals surface area (Å²) in [4.78, 5) is 194. The number of aliphatic hydroxyl groups excluding tert-OH is 1. The highest BCUT2D eigenvalue weighted by molar-refractivity contribution is 8.76. The Labute approximate surface area is 682 Å². The van der Waals surface area contributed by atoms with Crippen molar-refractivity contribution in [2.45, 2.75) is 114 Å². The van der Waals surface area contributed by atoms with Gasteiger partial charge in [-0.1, -0.05) is 51.9 Å². The molecule has 0 aliphatic carbocycles. The number of nitrogens with two attached hydrogens (primary N) is 3. The van der Waals surface area contributed by atoms with Crippen molar-refractivity contribution in [3.8, 4) is 0 Å². The number of carbonyl (C=O) groups is 14. The van der Waals surface area contributed by atoms with Crippen molar-refractivity contribution in [2.75, 3.05) is 201 Å². The lowest BCUT2D eigenvalue weighted by Gasteiger charge is -2.26. The lowest BCUT2D eigenvalue weighted by molar-refractivity contribution is -0.142. The molecule has 2 aliphatic heterocycles. The first-order valence-electron chi connectivity index (χ1n) is 38.2. The molecule has 2 fully saturated rings. The van der Waals surface area contributed by atoms with Crippen LogP contribution in [0.4, 0.5) is 0 Å². The lowest BCUT2D eigenvalue weighted by Crippen LogP contribution is -2.53. The molecule has 19 N–H and O–H groups in total. The summed E-state index contributed by atoms with van der Waals surface area (Å²) in [6.45, 7) is 3.47. The van der Waals surface area contributed by atoms with E-state index < -0.39 is 170 Å². The van der Waals surface area contributed by atoms with Crippen LogP contribution >= 0.6 is 33.3 Å². The zero-order valence-corrected chi connectivity index (χ0v) is 68.0. The number of aliphatic hydroxyl groups is 1. The first-order valence-corrected chi connectivity index (χ1v) is 41.8. The first kappa shape index (κ1) is 104. The number of amides is 8. The fraction of sp³-hybridized carbons (Fsp3) is 0.712. The fourth-order valence-corrected chi connectivity index (χ4v) is 14.1. The molecule has 39 nitrogen and oxygen atoms in total. The highest BCUT2D eigenvalue weighted by Crippen LogP contribution is 2.27. The summed E-state index contributed by atoms with van der Waals surface area (Å²) < 4.78 is 54.5. The number of ether oxygens (including phenoxy) is 10. The molecule has 2 heterocycles. The van der Waals surface area contributed by atoms with Crippen LogP contribution in [0.5, 0.6) is 0 Å². The third-order valence-corrected chi connectivity index (χ3v) is 20.2. The van der Waals surface area contributed by atoms with Crippen molar-refractivity contribution >= 4 is 121 Å². The van der Waals surface area contributed by atoms with Gasteiger partial charge in [0.2, 0.25) is 47.3 Å². The van der Waals surface area contributed by atoms with Crippen LogP contribution in [0.1, 0.15) is 89.0 Å². The Balaban J connectivity index is 0.0000449. The number of hydrogen-bond donors (Lipinski definition) is 14. The highest BCUT2D eigenvalue weighted by atomic mass is 33.1. The van der Waals surface area contributed by atoms with Crippen LogP contribution in [0, 0.1) is 17.8 Å². The minimum absolute atomic E-state index is 0. The van der Waals surface area contributed by atoms with Gasteiger partial charge < -0.3 is 123 Å². The Kier molecular flexibility index (Phi) is 60.0. The van der Waals surface area contributed by atoms with Gasteiger partial charge in [-0.3, -0.25) is 72.1 Å². The molecule has 2 saturated heterocycles. The zero-order chi connectivity index (χ0) is 83.2. The fourth-order valence-electron chi connectivity index (χ4n) is 10.8. The summed E-state index contributed by atoms with van der Waals surface area (Å²) in [5.74, 6) is -14.7. The van der Waals surface area contributed by atoms with Crippen molar-refractivity contribution in [3.63, 3.8) is 0 Å². The number of ketones is 5. The van der Waals surface area contributed by atoms with Gasteiger partial charge in [-0.05, 0) is 56.9 Å². The second-order valence-electron chi connectivity index (χ2n) is 26.2. The summed E-state index contributed by atoms with van der Waals surface area (Å²) in [6, 6.07) is 3.24. The number of guanidine groups is 1. The summed E-state index contributed by atoms with van der Waals surface area (Å²) in [7, 11) is 1.98. The predicted octanol–water partition coefficient (Wildman–Crippen LogP) is -2.82. The van der Waals surface area contributed by atoms with E-state index in [4.69, 9.17) is 69.7 Å². The number of hydrogen-bond acceptors (Lipinski definition) is 31. The Morgan fingerprint density at radius 1 is 0.513 bits per heavy atom. The average Bonchev–Trinajstić information content (AvgIpc) is 1.30. The van der Waals surface area contributed by atoms with E-state index in [0.717, 1.165) is 33.3 Å². The number of benzene rings is 1. The van der Waals surface area contributed by atoms with Gasteiger partial charge in [0.25, 0.3) is 0 Å². The molecule has 7 atom stereocenters. The maximum atomic E-state index is 14.9. The van der Waals surface area contributed by atoms with Gasteiger partial charge in [0.1, 0.15) is 32.5 Å². The van der Waals surface area contributed by atoms with Gasteiger partial charge in [-0.15, -0.1) is 11.8 Å². The normalized spacial score (nSPS) is 19.2. The predicted molar refractivity (Wildman–Crippen MR) is 425 cm³/mol. The highest BCUT2D eigenvalue weighted by Gasteiger charge is 2.36. The van der Waals surface area contributed by atoms with Crippen LogP contribution in [0.3, 0.4) is 0 Å². The third kappa shape index (κ3) is 52.8. The van der Waals surface area contributed by atoms with Crippen LogP contribution in [-0.2, 0) is 121 Å². The molecule has 652 valence electrons. The molecule has 1 aromatic carbocycles. The van der Waals surface area contributed by atoms with E-state index in [9.17, 15) is 72.2 Å². The van der Waals surface area contributed by atoms with E-state index in [1.807, 2.05) is 0 Å². The van der Waals surface area contributed by atoms with Crippen LogP contribution in [-0.4, -0.2) is 324 Å². The molecule has 42 heteroatoms. The Morgan fingerprint density at radius 3 is 1.59 bits per heavy atom. The lowest BCUT2D eigenvalue weighted by atomic mass is 9.90. The number of carboxylic acid groups (broad SMARTS) is 1. The number of fused-ring (bicyclic) bond motifs is 5. The average molecular weight is 1690 g/mol. The number of Topliss-reactive ketones (excluding diaryl/α,β-unsaturated/α-hetero) is 5. The Bertz CT molecular complexity index is 3080. The first-order chi connectivity index (χ1) is 55.1. The van der Waals surface area contributed by atoms with Gasteiger partial charge in [0, 0.05) is 107 Å². The van der Waals surface area contributed by atoms with Crippen LogP contribution in [0.15, 0.2) is 35.3 Å². The number of nitrogens with zero attached hydrogens (tertiary/aromatic N) is 1. The van der Waals surface area contributed by atoms with Crippen molar-refractivity contribution < 1.29 is 125 Å². The summed E-state index contributed by atoms with van der Waals surface area (Å²) >= 11 is 0.957. The van der Waals surface area contributed by atoms with Crippen molar-refractivity contribution in [2.24, 2.45) is 39.9 Å². The Morgan fingerprint density at radius 2 is 1.03 bits per heavy atom. The Hall–Kier alpha value is -7.40. The monoisotopic (exact) mass is 1690 g/mol. The van der Waals surface area contributed by atoms with Gasteiger partial charge in [0.15, 0.2) is 34.9 Å². The van der Waals surface area contributed by atoms with Gasteiger partial charge in [-0.25, -0.2) is 0 Å². The largest absolute Gasteiger partial charge is 0.481 e. The molecule has 3 rings (SSSR count). The van der Waals surface area contributed by atoms with E-state index in [0.29, 0.717) is 84.4 Å². The van der Waals surface area contributed by atoms with Crippen LogP contribution in [0.25, 0.3) is 0 Å². The second kappa shape index (κ2) is 66.6. The zero-order valence-electron chi connectivity index (χ0n) is 65.6. The number of rotatable bonds is 55. The quantitative estimate of drug-likeness (QED) is 0.0135. The van der Waals surface area contributed by atoms with Crippen molar-refractivity contribution in [1.82, 2.24) is 48.7 Å². The minimum atomic E-state index is -1.54. The number of thioether (sulfide) groups is 1. The molecule has 1 aromatic rings. The number of carbonyl (C=O) groups excluding carboxylic acids is 13. The molecular weight excluding hydrogens is 1570 g/mol. The maximum Gasteiger partial charge on any atom is 0.304 e. The molecule has 0 radical (unpaired) electrons. The van der Waals surface area contributed by atoms with E-state index in [2.05, 4.69) is 47.5 Å². The molecule has 0 spiro atoms.